The molecule has 0 radical (unpaired) electrons. The molecule has 0 spiro atoms. The summed E-state index contributed by atoms with van der Waals surface area (Å²) in [5.74, 6) is 0.133. The van der Waals surface area contributed by atoms with Gasteiger partial charge in [0.05, 0.1) is 0 Å². The van der Waals surface area contributed by atoms with Crippen LogP contribution in [0.2, 0.25) is 0 Å². The number of hydrogen-bond donors (Lipinski definition) is 1. The molecule has 4 heteroatoms. The van der Waals surface area contributed by atoms with Gasteiger partial charge in [0, 0.05) is 25.0 Å². The van der Waals surface area contributed by atoms with Gasteiger partial charge in [-0.3, -0.25) is 0 Å². The fraction of sp³-hybridized carbons (Fsp3) is 0.417. The number of nitrogens with zero attached hydrogens (tertiary/aromatic N) is 1. The number of carbonyl (C=O) groups is 1. The highest BCUT2D eigenvalue weighted by Gasteiger charge is 2.29. The third-order valence-electron chi connectivity index (χ3n) is 3.13. The van der Waals surface area contributed by atoms with Crippen molar-refractivity contribution in [3.63, 3.8) is 0 Å². The number of benzene rings is 1. The second-order valence-corrected chi connectivity index (χ2v) is 4.49. The van der Waals surface area contributed by atoms with Crippen LogP contribution in [0.5, 0.6) is 0 Å². The van der Waals surface area contributed by atoms with Crippen molar-refractivity contribution in [2.45, 2.75) is 12.6 Å². The van der Waals surface area contributed by atoms with E-state index in [1.807, 2.05) is 18.2 Å². The number of carbonyl (C=O) groups excluding carboxylic acids is 1. The van der Waals surface area contributed by atoms with Crippen molar-refractivity contribution in [1.82, 2.24) is 10.1 Å². The van der Waals surface area contributed by atoms with E-state index in [2.05, 4.69) is 30.2 Å². The predicted octanol–water partition coefficient (Wildman–Crippen LogP) is -0.176. The molecule has 1 N–H and O–H groups in total. The van der Waals surface area contributed by atoms with Gasteiger partial charge in [-0.1, -0.05) is 30.3 Å². The zero-order chi connectivity index (χ0) is 11.4. The average Bonchev–Trinajstić information content (AvgIpc) is 2.68. The van der Waals surface area contributed by atoms with Crippen LogP contribution in [0.1, 0.15) is 5.56 Å². The maximum atomic E-state index is 10.9. The van der Waals surface area contributed by atoms with Gasteiger partial charge < -0.3 is 14.9 Å². The van der Waals surface area contributed by atoms with E-state index in [-0.39, 0.29) is 5.92 Å². The standard InChI is InChI=1S/C12H17BN2O/c13-15-7-11(9-16)12(8-15)14-6-10-4-2-1-3-5-10/h1-5,9,11-12,14H,6-8,13H2/t11-,12-/m0/s1. The average molecular weight is 216 g/mol. The first-order chi connectivity index (χ1) is 7.79. The fourth-order valence-corrected chi connectivity index (χ4v) is 2.23. The predicted molar refractivity (Wildman–Crippen MR) is 66.7 cm³/mol. The van der Waals surface area contributed by atoms with Gasteiger partial charge in [-0.05, 0) is 12.1 Å². The Morgan fingerprint density at radius 1 is 1.38 bits per heavy atom. The monoisotopic (exact) mass is 216 g/mol. The summed E-state index contributed by atoms with van der Waals surface area (Å²) in [6, 6.07) is 10.6. The maximum absolute atomic E-state index is 10.9. The zero-order valence-electron chi connectivity index (χ0n) is 9.60. The molecule has 2 atom stereocenters. The third-order valence-corrected chi connectivity index (χ3v) is 3.13. The maximum Gasteiger partial charge on any atom is 0.185 e. The van der Waals surface area contributed by atoms with Crippen molar-refractivity contribution >= 4 is 14.3 Å². The largest absolute Gasteiger partial charge is 0.347 e. The Morgan fingerprint density at radius 2 is 2.12 bits per heavy atom. The SMILES string of the molecule is BN1C[C@@H](C=O)[C@@H](NCc2ccccc2)C1. The molecule has 1 aliphatic heterocycles. The molecule has 1 saturated heterocycles. The van der Waals surface area contributed by atoms with Crippen LogP contribution in [0, 0.1) is 5.92 Å². The number of hydrogen-bond acceptors (Lipinski definition) is 3. The topological polar surface area (TPSA) is 32.3 Å². The molecule has 1 aromatic carbocycles. The molecule has 0 bridgehead atoms. The van der Waals surface area contributed by atoms with Crippen LogP contribution in [0.4, 0.5) is 0 Å². The fourth-order valence-electron chi connectivity index (χ4n) is 2.23. The molecule has 1 heterocycles. The Hall–Kier alpha value is -1.13. The summed E-state index contributed by atoms with van der Waals surface area (Å²) in [7, 11) is 2.06. The van der Waals surface area contributed by atoms with Gasteiger partial charge in [-0.25, -0.2) is 0 Å². The van der Waals surface area contributed by atoms with Gasteiger partial charge in [0.1, 0.15) is 6.29 Å². The van der Waals surface area contributed by atoms with E-state index in [9.17, 15) is 4.79 Å². The first-order valence-electron chi connectivity index (χ1n) is 5.71. The molecular weight excluding hydrogens is 199 g/mol. The third kappa shape index (κ3) is 2.71. The Balaban J connectivity index is 1.88. The minimum atomic E-state index is 0.133. The van der Waals surface area contributed by atoms with Crippen LogP contribution >= 0.6 is 0 Å². The molecule has 0 aliphatic carbocycles. The molecule has 1 aliphatic rings. The Labute approximate surface area is 97.3 Å². The summed E-state index contributed by atoms with van der Waals surface area (Å²) in [6.07, 6.45) is 1.08. The van der Waals surface area contributed by atoms with Crippen LogP contribution in [0.25, 0.3) is 0 Å². The van der Waals surface area contributed by atoms with Crippen molar-refractivity contribution < 1.29 is 4.79 Å². The Morgan fingerprint density at radius 3 is 2.81 bits per heavy atom. The smallest absolute Gasteiger partial charge is 0.185 e. The van der Waals surface area contributed by atoms with Gasteiger partial charge in [0.25, 0.3) is 0 Å². The lowest BCUT2D eigenvalue weighted by Crippen LogP contribution is -2.36. The lowest BCUT2D eigenvalue weighted by molar-refractivity contribution is -0.111. The first kappa shape index (κ1) is 11.4. The second-order valence-electron chi connectivity index (χ2n) is 4.49. The molecule has 2 rings (SSSR count). The van der Waals surface area contributed by atoms with Gasteiger partial charge in [-0.2, -0.15) is 0 Å². The summed E-state index contributed by atoms with van der Waals surface area (Å²) in [4.78, 5) is 13.1. The van der Waals surface area contributed by atoms with E-state index < -0.39 is 0 Å². The zero-order valence-corrected chi connectivity index (χ0v) is 9.60. The van der Waals surface area contributed by atoms with Crippen LogP contribution in [0.15, 0.2) is 30.3 Å². The molecule has 3 nitrogen and oxygen atoms in total. The number of rotatable bonds is 4. The van der Waals surface area contributed by atoms with E-state index in [1.165, 1.54) is 5.56 Å². The molecule has 1 aromatic rings. The summed E-state index contributed by atoms with van der Waals surface area (Å²) >= 11 is 0. The van der Waals surface area contributed by atoms with E-state index in [0.717, 1.165) is 25.9 Å². The van der Waals surface area contributed by atoms with E-state index in [1.54, 1.807) is 0 Å². The Bertz CT molecular complexity index is 344. The molecule has 1 fully saturated rings. The van der Waals surface area contributed by atoms with Crippen molar-refractivity contribution in [3.8, 4) is 0 Å². The molecule has 0 saturated carbocycles. The molecule has 0 amide bonds. The van der Waals surface area contributed by atoms with Crippen LogP contribution in [-0.4, -0.2) is 38.2 Å². The van der Waals surface area contributed by atoms with E-state index >= 15 is 0 Å². The normalized spacial score (nSPS) is 25.8. The first-order valence-corrected chi connectivity index (χ1v) is 5.71. The lowest BCUT2D eigenvalue weighted by Gasteiger charge is -2.15. The van der Waals surface area contributed by atoms with Gasteiger partial charge in [0.15, 0.2) is 7.98 Å². The van der Waals surface area contributed by atoms with E-state index in [4.69, 9.17) is 0 Å². The molecular formula is C12H17BN2O. The second kappa shape index (κ2) is 5.28. The number of aldehydes is 1. The molecule has 0 aromatic heterocycles. The highest BCUT2D eigenvalue weighted by Crippen LogP contribution is 2.13. The minimum Gasteiger partial charge on any atom is -0.347 e. The molecule has 16 heavy (non-hydrogen) atoms. The van der Waals surface area contributed by atoms with E-state index in [0.29, 0.717) is 6.04 Å². The van der Waals surface area contributed by atoms with Crippen LogP contribution < -0.4 is 5.32 Å². The minimum absolute atomic E-state index is 0.133. The highest BCUT2D eigenvalue weighted by molar-refractivity contribution is 6.04. The summed E-state index contributed by atoms with van der Waals surface area (Å²) in [5, 5.41) is 3.46. The molecule has 84 valence electrons. The van der Waals surface area contributed by atoms with Gasteiger partial charge in [-0.15, -0.1) is 0 Å². The van der Waals surface area contributed by atoms with Crippen molar-refractivity contribution in [1.29, 1.82) is 0 Å². The van der Waals surface area contributed by atoms with Gasteiger partial charge >= 0.3 is 0 Å². The van der Waals surface area contributed by atoms with Crippen LogP contribution in [0.3, 0.4) is 0 Å². The molecule has 0 unspecified atom stereocenters. The van der Waals surface area contributed by atoms with Crippen molar-refractivity contribution in [3.05, 3.63) is 35.9 Å². The van der Waals surface area contributed by atoms with Crippen LogP contribution in [-0.2, 0) is 11.3 Å². The van der Waals surface area contributed by atoms with Crippen molar-refractivity contribution in [2.24, 2.45) is 5.92 Å². The van der Waals surface area contributed by atoms with Crippen molar-refractivity contribution in [2.75, 3.05) is 13.1 Å². The highest BCUT2D eigenvalue weighted by atomic mass is 16.1. The lowest BCUT2D eigenvalue weighted by atomic mass is 10.1. The van der Waals surface area contributed by atoms with Gasteiger partial charge in [0.2, 0.25) is 0 Å². The Kier molecular flexibility index (Phi) is 3.75. The number of nitrogens with one attached hydrogen (secondary N) is 1. The summed E-state index contributed by atoms with van der Waals surface area (Å²) in [6.45, 7) is 2.66. The summed E-state index contributed by atoms with van der Waals surface area (Å²) < 4.78 is 0. The quantitative estimate of drug-likeness (QED) is 0.560. The summed E-state index contributed by atoms with van der Waals surface area (Å²) in [5.41, 5.74) is 1.27.